The van der Waals surface area contributed by atoms with Gasteiger partial charge < -0.3 is 14.3 Å². The highest BCUT2D eigenvalue weighted by atomic mass is 16.5. The number of aryl methyl sites for hydroxylation is 1. The first kappa shape index (κ1) is 19.1. The molecule has 30 heavy (non-hydrogen) atoms. The molecule has 3 heterocycles. The molecule has 0 bridgehead atoms. The second-order valence-corrected chi connectivity index (χ2v) is 8.48. The van der Waals surface area contributed by atoms with Crippen molar-refractivity contribution in [3.8, 4) is 11.3 Å². The lowest BCUT2D eigenvalue weighted by Gasteiger charge is -2.30. The summed E-state index contributed by atoms with van der Waals surface area (Å²) in [5, 5.41) is 4.14. The first-order chi connectivity index (χ1) is 14.7. The number of hydrogen-bond donors (Lipinski definition) is 0. The number of carbonyl (C=O) groups excluding carboxylic acids is 1. The van der Waals surface area contributed by atoms with Gasteiger partial charge in [-0.05, 0) is 30.5 Å². The normalized spacial score (nSPS) is 23.7. The molecule has 0 radical (unpaired) electrons. The summed E-state index contributed by atoms with van der Waals surface area (Å²) in [5.41, 5.74) is 3.81. The fourth-order valence-electron chi connectivity index (χ4n) is 5.18. The van der Waals surface area contributed by atoms with Crippen LogP contribution in [0.15, 0.2) is 65.2 Å². The van der Waals surface area contributed by atoms with E-state index in [1.165, 1.54) is 11.1 Å². The Balaban J connectivity index is 1.47. The van der Waals surface area contributed by atoms with E-state index in [1.54, 1.807) is 6.07 Å². The Morgan fingerprint density at radius 1 is 1.07 bits per heavy atom. The molecule has 2 saturated heterocycles. The SMILES string of the molecule is CCN1C[C@H]2CN(C(=O)c3cc(-c4ccccc4)on3)[C@H](c3ccccc3C)[C@H]2C1. The minimum Gasteiger partial charge on any atom is -0.355 e. The van der Waals surface area contributed by atoms with Crippen LogP contribution in [0.4, 0.5) is 0 Å². The van der Waals surface area contributed by atoms with E-state index in [-0.39, 0.29) is 11.9 Å². The topological polar surface area (TPSA) is 49.6 Å². The van der Waals surface area contributed by atoms with Gasteiger partial charge in [-0.2, -0.15) is 0 Å². The maximum atomic E-state index is 13.6. The number of carbonyl (C=O) groups is 1. The van der Waals surface area contributed by atoms with Crippen LogP contribution in [0.25, 0.3) is 11.3 Å². The van der Waals surface area contributed by atoms with Crippen molar-refractivity contribution in [1.82, 2.24) is 15.0 Å². The lowest BCUT2D eigenvalue weighted by atomic mass is 9.87. The first-order valence-corrected chi connectivity index (χ1v) is 10.8. The highest BCUT2D eigenvalue weighted by Gasteiger charge is 2.49. The van der Waals surface area contributed by atoms with Crippen molar-refractivity contribution in [3.05, 3.63) is 77.5 Å². The van der Waals surface area contributed by atoms with Gasteiger partial charge in [0.25, 0.3) is 5.91 Å². The van der Waals surface area contributed by atoms with Gasteiger partial charge in [-0.15, -0.1) is 0 Å². The molecule has 0 unspecified atom stereocenters. The monoisotopic (exact) mass is 401 g/mol. The number of hydrogen-bond acceptors (Lipinski definition) is 4. The molecule has 0 aliphatic carbocycles. The minimum absolute atomic E-state index is 0.0355. The Labute approximate surface area is 177 Å². The third-order valence-corrected chi connectivity index (χ3v) is 6.74. The van der Waals surface area contributed by atoms with E-state index in [1.807, 2.05) is 35.2 Å². The number of aromatic nitrogens is 1. The zero-order valence-electron chi connectivity index (χ0n) is 17.5. The number of fused-ring (bicyclic) bond motifs is 1. The fourth-order valence-corrected chi connectivity index (χ4v) is 5.18. The minimum atomic E-state index is -0.0355. The van der Waals surface area contributed by atoms with E-state index in [4.69, 9.17) is 4.52 Å². The van der Waals surface area contributed by atoms with Crippen molar-refractivity contribution in [2.45, 2.75) is 19.9 Å². The molecule has 2 aliphatic rings. The van der Waals surface area contributed by atoms with Gasteiger partial charge in [0.05, 0.1) is 6.04 Å². The predicted octanol–water partition coefficient (Wildman–Crippen LogP) is 4.42. The zero-order valence-corrected chi connectivity index (χ0v) is 17.5. The van der Waals surface area contributed by atoms with E-state index in [0.717, 1.165) is 31.7 Å². The Kier molecular flexibility index (Phi) is 4.91. The van der Waals surface area contributed by atoms with Crippen molar-refractivity contribution in [3.63, 3.8) is 0 Å². The van der Waals surface area contributed by atoms with E-state index in [0.29, 0.717) is 23.3 Å². The van der Waals surface area contributed by atoms with Crippen LogP contribution in [0, 0.1) is 18.8 Å². The van der Waals surface area contributed by atoms with Crippen LogP contribution in [0.5, 0.6) is 0 Å². The molecule has 2 aliphatic heterocycles. The van der Waals surface area contributed by atoms with Gasteiger partial charge in [-0.3, -0.25) is 4.79 Å². The molecular formula is C25H27N3O2. The summed E-state index contributed by atoms with van der Waals surface area (Å²) in [6, 6.07) is 20.1. The lowest BCUT2D eigenvalue weighted by Crippen LogP contribution is -2.36. The van der Waals surface area contributed by atoms with Crippen LogP contribution in [0.2, 0.25) is 0 Å². The van der Waals surface area contributed by atoms with Crippen molar-refractivity contribution in [2.24, 2.45) is 11.8 Å². The molecule has 1 aromatic heterocycles. The molecule has 0 spiro atoms. The Morgan fingerprint density at radius 3 is 2.60 bits per heavy atom. The van der Waals surface area contributed by atoms with E-state index in [2.05, 4.69) is 48.2 Å². The van der Waals surface area contributed by atoms with Gasteiger partial charge in [-0.1, -0.05) is 66.7 Å². The third kappa shape index (κ3) is 3.23. The zero-order chi connectivity index (χ0) is 20.7. The Morgan fingerprint density at radius 2 is 1.83 bits per heavy atom. The van der Waals surface area contributed by atoms with Gasteiger partial charge in [0.15, 0.2) is 11.5 Å². The molecule has 154 valence electrons. The third-order valence-electron chi connectivity index (χ3n) is 6.74. The molecule has 0 saturated carbocycles. The van der Waals surface area contributed by atoms with Crippen LogP contribution in [-0.4, -0.2) is 47.0 Å². The Bertz CT molecular complexity index is 1050. The molecular weight excluding hydrogens is 374 g/mol. The average Bonchev–Trinajstić information content (AvgIpc) is 3.49. The van der Waals surface area contributed by atoms with Crippen LogP contribution in [-0.2, 0) is 0 Å². The lowest BCUT2D eigenvalue weighted by molar-refractivity contribution is 0.0691. The average molecular weight is 402 g/mol. The number of benzene rings is 2. The molecule has 5 nitrogen and oxygen atoms in total. The summed E-state index contributed by atoms with van der Waals surface area (Å²) in [6.07, 6.45) is 0. The summed E-state index contributed by atoms with van der Waals surface area (Å²) in [6.45, 7) is 8.28. The van der Waals surface area contributed by atoms with E-state index >= 15 is 0 Å². The molecule has 2 fully saturated rings. The molecule has 3 aromatic rings. The second-order valence-electron chi connectivity index (χ2n) is 8.48. The molecule has 5 heteroatoms. The smallest absolute Gasteiger partial charge is 0.276 e. The van der Waals surface area contributed by atoms with E-state index < -0.39 is 0 Å². The van der Waals surface area contributed by atoms with Crippen molar-refractivity contribution < 1.29 is 9.32 Å². The predicted molar refractivity (Wildman–Crippen MR) is 116 cm³/mol. The quantitative estimate of drug-likeness (QED) is 0.650. The van der Waals surface area contributed by atoms with Crippen LogP contribution >= 0.6 is 0 Å². The molecule has 5 rings (SSSR count). The number of amides is 1. The van der Waals surface area contributed by atoms with Crippen LogP contribution in [0.3, 0.4) is 0 Å². The summed E-state index contributed by atoms with van der Waals surface area (Å²) in [4.78, 5) is 18.1. The van der Waals surface area contributed by atoms with E-state index in [9.17, 15) is 4.79 Å². The summed E-state index contributed by atoms with van der Waals surface area (Å²) >= 11 is 0. The first-order valence-electron chi connectivity index (χ1n) is 10.8. The second kappa shape index (κ2) is 7.73. The van der Waals surface area contributed by atoms with Gasteiger partial charge in [0.2, 0.25) is 0 Å². The molecule has 0 N–H and O–H groups in total. The van der Waals surface area contributed by atoms with Crippen LogP contribution < -0.4 is 0 Å². The maximum Gasteiger partial charge on any atom is 0.276 e. The molecule has 3 atom stereocenters. The highest BCUT2D eigenvalue weighted by molar-refractivity contribution is 5.93. The van der Waals surface area contributed by atoms with Gasteiger partial charge in [0, 0.05) is 37.2 Å². The summed E-state index contributed by atoms with van der Waals surface area (Å²) in [7, 11) is 0. The fraction of sp³-hybridized carbons (Fsp3) is 0.360. The van der Waals surface area contributed by atoms with Crippen molar-refractivity contribution >= 4 is 5.91 Å². The maximum absolute atomic E-state index is 13.6. The number of nitrogens with zero attached hydrogens (tertiary/aromatic N) is 3. The number of likely N-dealkylation sites (tertiary alicyclic amines) is 2. The van der Waals surface area contributed by atoms with Gasteiger partial charge in [-0.25, -0.2) is 0 Å². The van der Waals surface area contributed by atoms with Gasteiger partial charge >= 0.3 is 0 Å². The standard InChI is InChI=1S/C25H27N3O2/c1-3-27-14-19-15-28(24(21(19)16-27)20-12-8-7-9-17(20)2)25(29)22-13-23(30-26-22)18-10-5-4-6-11-18/h4-13,19,21,24H,3,14-16H2,1-2H3/t19-,21-,24+/m0/s1. The van der Waals surface area contributed by atoms with Crippen molar-refractivity contribution in [2.75, 3.05) is 26.2 Å². The summed E-state index contributed by atoms with van der Waals surface area (Å²) < 4.78 is 5.52. The largest absolute Gasteiger partial charge is 0.355 e. The number of rotatable bonds is 4. The van der Waals surface area contributed by atoms with Crippen molar-refractivity contribution in [1.29, 1.82) is 0 Å². The summed E-state index contributed by atoms with van der Waals surface area (Å²) in [5.74, 6) is 1.55. The highest BCUT2D eigenvalue weighted by Crippen LogP contribution is 2.46. The van der Waals surface area contributed by atoms with Crippen LogP contribution in [0.1, 0.15) is 34.6 Å². The molecule has 1 amide bonds. The van der Waals surface area contributed by atoms with Gasteiger partial charge in [0.1, 0.15) is 0 Å². The Hall–Kier alpha value is -2.92. The molecule has 2 aromatic carbocycles.